The molecular formula is C15H23NO3. The van der Waals surface area contributed by atoms with Gasteiger partial charge in [0.2, 0.25) is 0 Å². The molecule has 1 aromatic rings. The number of hydrogen-bond donors (Lipinski definition) is 2. The Morgan fingerprint density at radius 2 is 2.16 bits per heavy atom. The zero-order valence-corrected chi connectivity index (χ0v) is 11.8. The summed E-state index contributed by atoms with van der Waals surface area (Å²) in [7, 11) is 0. The second-order valence-electron chi connectivity index (χ2n) is 5.06. The lowest BCUT2D eigenvalue weighted by Crippen LogP contribution is -2.32. The number of aliphatic hydroxyl groups excluding tert-OH is 1. The lowest BCUT2D eigenvalue weighted by Gasteiger charge is -2.14. The van der Waals surface area contributed by atoms with E-state index in [0.717, 1.165) is 5.56 Å². The predicted octanol–water partition coefficient (Wildman–Crippen LogP) is 1.90. The molecule has 0 saturated heterocycles. The highest BCUT2D eigenvalue weighted by molar-refractivity contribution is 5.77. The van der Waals surface area contributed by atoms with Crippen molar-refractivity contribution in [2.75, 3.05) is 13.2 Å². The van der Waals surface area contributed by atoms with Gasteiger partial charge in [-0.05, 0) is 37.0 Å². The van der Waals surface area contributed by atoms with Gasteiger partial charge >= 0.3 is 0 Å². The first-order valence-electron chi connectivity index (χ1n) is 6.63. The smallest absolute Gasteiger partial charge is 0.257 e. The van der Waals surface area contributed by atoms with E-state index in [2.05, 4.69) is 5.32 Å². The van der Waals surface area contributed by atoms with E-state index in [9.17, 15) is 9.90 Å². The van der Waals surface area contributed by atoms with Crippen molar-refractivity contribution in [2.45, 2.75) is 33.3 Å². The molecule has 106 valence electrons. The normalized spacial score (nSPS) is 12.3. The van der Waals surface area contributed by atoms with Crippen LogP contribution in [0.15, 0.2) is 24.3 Å². The average Bonchev–Trinajstić information content (AvgIpc) is 2.36. The fourth-order valence-electron chi connectivity index (χ4n) is 1.60. The number of hydrogen-bond acceptors (Lipinski definition) is 3. The number of carbonyl (C=O) groups excluding carboxylic acids is 1. The minimum atomic E-state index is -0.377. The van der Waals surface area contributed by atoms with Crippen molar-refractivity contribution in [1.29, 1.82) is 0 Å². The number of aliphatic hydroxyl groups is 1. The van der Waals surface area contributed by atoms with Gasteiger partial charge in [0.1, 0.15) is 5.75 Å². The van der Waals surface area contributed by atoms with Crippen molar-refractivity contribution in [1.82, 2.24) is 5.32 Å². The SMILES string of the molecule is Cc1cccc(OCC(=O)NCCC(O)C(C)C)c1. The van der Waals surface area contributed by atoms with Crippen molar-refractivity contribution in [3.05, 3.63) is 29.8 Å². The van der Waals surface area contributed by atoms with Gasteiger partial charge in [0.15, 0.2) is 6.61 Å². The lowest BCUT2D eigenvalue weighted by atomic mass is 10.0. The highest BCUT2D eigenvalue weighted by Gasteiger charge is 2.09. The summed E-state index contributed by atoms with van der Waals surface area (Å²) in [4.78, 5) is 11.5. The first-order chi connectivity index (χ1) is 8.99. The Balaban J connectivity index is 2.21. The molecule has 0 aliphatic heterocycles. The van der Waals surface area contributed by atoms with Gasteiger partial charge in [-0.3, -0.25) is 4.79 Å². The molecule has 0 radical (unpaired) electrons. The van der Waals surface area contributed by atoms with E-state index in [1.54, 1.807) is 0 Å². The number of ether oxygens (including phenoxy) is 1. The molecule has 1 amide bonds. The summed E-state index contributed by atoms with van der Waals surface area (Å²) < 4.78 is 5.38. The molecule has 2 N–H and O–H groups in total. The maximum Gasteiger partial charge on any atom is 0.257 e. The average molecular weight is 265 g/mol. The molecule has 19 heavy (non-hydrogen) atoms. The van der Waals surface area contributed by atoms with Gasteiger partial charge < -0.3 is 15.2 Å². The van der Waals surface area contributed by atoms with Crippen LogP contribution in [0.2, 0.25) is 0 Å². The third kappa shape index (κ3) is 6.25. The Bertz CT molecular complexity index is 404. The largest absolute Gasteiger partial charge is 0.484 e. The molecule has 0 bridgehead atoms. The quantitative estimate of drug-likeness (QED) is 0.791. The summed E-state index contributed by atoms with van der Waals surface area (Å²) in [6.45, 7) is 6.34. The van der Waals surface area contributed by atoms with Crippen LogP contribution in [0.25, 0.3) is 0 Å². The van der Waals surface area contributed by atoms with Crippen LogP contribution < -0.4 is 10.1 Å². The van der Waals surface area contributed by atoms with Crippen LogP contribution in [0.5, 0.6) is 5.75 Å². The molecule has 0 heterocycles. The summed E-state index contributed by atoms with van der Waals surface area (Å²) in [5.74, 6) is 0.732. The van der Waals surface area contributed by atoms with Crippen LogP contribution in [-0.2, 0) is 4.79 Å². The van der Waals surface area contributed by atoms with E-state index in [1.165, 1.54) is 0 Å². The Labute approximate surface area is 114 Å². The van der Waals surface area contributed by atoms with E-state index >= 15 is 0 Å². The molecule has 1 rings (SSSR count). The monoisotopic (exact) mass is 265 g/mol. The zero-order valence-electron chi connectivity index (χ0n) is 11.8. The molecule has 0 aliphatic carbocycles. The lowest BCUT2D eigenvalue weighted by molar-refractivity contribution is -0.123. The minimum absolute atomic E-state index is 0.00122. The first kappa shape index (κ1) is 15.5. The molecule has 4 nitrogen and oxygen atoms in total. The Morgan fingerprint density at radius 3 is 2.79 bits per heavy atom. The standard InChI is InChI=1S/C15H23NO3/c1-11(2)14(17)7-8-16-15(18)10-19-13-6-4-5-12(3)9-13/h4-6,9,11,14,17H,7-8,10H2,1-3H3,(H,16,18). The number of benzene rings is 1. The van der Waals surface area contributed by atoms with Crippen molar-refractivity contribution in [2.24, 2.45) is 5.92 Å². The highest BCUT2D eigenvalue weighted by Crippen LogP contribution is 2.11. The van der Waals surface area contributed by atoms with E-state index in [4.69, 9.17) is 4.74 Å². The maximum absolute atomic E-state index is 11.5. The molecule has 1 unspecified atom stereocenters. The Hall–Kier alpha value is -1.55. The summed E-state index contributed by atoms with van der Waals surface area (Å²) in [5.41, 5.74) is 1.10. The van der Waals surface area contributed by atoms with Crippen LogP contribution in [0.1, 0.15) is 25.8 Å². The molecule has 0 spiro atoms. The molecule has 0 aromatic heterocycles. The maximum atomic E-state index is 11.5. The molecular weight excluding hydrogens is 242 g/mol. The predicted molar refractivity (Wildman–Crippen MR) is 75.1 cm³/mol. The van der Waals surface area contributed by atoms with Crippen LogP contribution in [0.4, 0.5) is 0 Å². The van der Waals surface area contributed by atoms with Gasteiger partial charge in [-0.15, -0.1) is 0 Å². The summed E-state index contributed by atoms with van der Waals surface area (Å²) in [6, 6.07) is 7.57. The number of aryl methyl sites for hydroxylation is 1. The molecule has 1 atom stereocenters. The molecule has 4 heteroatoms. The number of carbonyl (C=O) groups is 1. The van der Waals surface area contributed by atoms with Gasteiger partial charge in [0.25, 0.3) is 5.91 Å². The number of amides is 1. The van der Waals surface area contributed by atoms with Crippen molar-refractivity contribution >= 4 is 5.91 Å². The van der Waals surface area contributed by atoms with E-state index in [0.29, 0.717) is 18.7 Å². The van der Waals surface area contributed by atoms with Gasteiger partial charge in [-0.1, -0.05) is 26.0 Å². The number of nitrogens with one attached hydrogen (secondary N) is 1. The summed E-state index contributed by atoms with van der Waals surface area (Å²) in [5, 5.41) is 12.3. The first-order valence-corrected chi connectivity index (χ1v) is 6.63. The van der Waals surface area contributed by atoms with E-state index < -0.39 is 0 Å². The minimum Gasteiger partial charge on any atom is -0.484 e. The topological polar surface area (TPSA) is 58.6 Å². The zero-order chi connectivity index (χ0) is 14.3. The van der Waals surface area contributed by atoms with Crippen molar-refractivity contribution in [3.63, 3.8) is 0 Å². The second kappa shape index (κ2) is 7.79. The van der Waals surface area contributed by atoms with Crippen LogP contribution in [0.3, 0.4) is 0 Å². The van der Waals surface area contributed by atoms with E-state index in [-0.39, 0.29) is 24.5 Å². The van der Waals surface area contributed by atoms with Gasteiger partial charge in [0.05, 0.1) is 6.10 Å². The summed E-state index contributed by atoms with van der Waals surface area (Å²) in [6.07, 6.45) is 0.186. The van der Waals surface area contributed by atoms with Crippen molar-refractivity contribution in [3.8, 4) is 5.75 Å². The third-order valence-electron chi connectivity index (χ3n) is 2.89. The molecule has 0 fully saturated rings. The summed E-state index contributed by atoms with van der Waals surface area (Å²) >= 11 is 0. The van der Waals surface area contributed by atoms with Crippen LogP contribution in [0, 0.1) is 12.8 Å². The van der Waals surface area contributed by atoms with Crippen molar-refractivity contribution < 1.29 is 14.6 Å². The molecule has 1 aromatic carbocycles. The highest BCUT2D eigenvalue weighted by atomic mass is 16.5. The second-order valence-corrected chi connectivity index (χ2v) is 5.06. The van der Waals surface area contributed by atoms with Crippen LogP contribution >= 0.6 is 0 Å². The molecule has 0 aliphatic rings. The van der Waals surface area contributed by atoms with E-state index in [1.807, 2.05) is 45.0 Å². The van der Waals surface area contributed by atoms with Crippen LogP contribution in [-0.4, -0.2) is 30.3 Å². The van der Waals surface area contributed by atoms with Gasteiger partial charge in [-0.2, -0.15) is 0 Å². The van der Waals surface area contributed by atoms with Gasteiger partial charge in [-0.25, -0.2) is 0 Å². The fraction of sp³-hybridized carbons (Fsp3) is 0.533. The Morgan fingerprint density at radius 1 is 1.42 bits per heavy atom. The molecule has 0 saturated carbocycles. The Kier molecular flexibility index (Phi) is 6.36. The third-order valence-corrected chi connectivity index (χ3v) is 2.89. The number of rotatable bonds is 7. The fourth-order valence-corrected chi connectivity index (χ4v) is 1.60. The van der Waals surface area contributed by atoms with Gasteiger partial charge in [0, 0.05) is 6.54 Å².